The number of thiazole rings is 1. The van der Waals surface area contributed by atoms with Crippen LogP contribution in [0.4, 0.5) is 0 Å². The molecular formula is C20H15ClN2O3S2. The van der Waals surface area contributed by atoms with Crippen molar-refractivity contribution >= 4 is 46.3 Å². The van der Waals surface area contributed by atoms with Gasteiger partial charge in [-0.2, -0.15) is 0 Å². The fourth-order valence-electron chi connectivity index (χ4n) is 3.16. The molecule has 4 rings (SSSR count). The number of aromatic nitrogens is 1. The molecule has 0 saturated carbocycles. The Labute approximate surface area is 173 Å². The standard InChI is InChI=1S/C20H15ClN2O3S2/c1-11-16(19(25)26-2)17(12-5-7-13(21)8-6-12)23-18(24)15(28-20(23)22-11)10-14-4-3-9-27-14/h3-10,17H,1-2H3/b15-10+/t17-/m0/s1. The van der Waals surface area contributed by atoms with Gasteiger partial charge >= 0.3 is 5.97 Å². The number of allylic oxidation sites excluding steroid dienone is 1. The van der Waals surface area contributed by atoms with Crippen molar-refractivity contribution in [3.8, 4) is 0 Å². The van der Waals surface area contributed by atoms with Crippen LogP contribution in [0.3, 0.4) is 0 Å². The molecule has 0 N–H and O–H groups in total. The van der Waals surface area contributed by atoms with E-state index in [9.17, 15) is 9.59 Å². The van der Waals surface area contributed by atoms with Crippen LogP contribution in [0.15, 0.2) is 62.8 Å². The Morgan fingerprint density at radius 2 is 2.04 bits per heavy atom. The molecule has 1 aromatic carbocycles. The molecular weight excluding hydrogens is 416 g/mol. The molecule has 0 spiro atoms. The van der Waals surface area contributed by atoms with Crippen LogP contribution < -0.4 is 14.9 Å². The molecule has 1 aliphatic rings. The van der Waals surface area contributed by atoms with Crippen molar-refractivity contribution in [2.75, 3.05) is 7.11 Å². The molecule has 1 atom stereocenters. The Morgan fingerprint density at radius 3 is 2.68 bits per heavy atom. The number of fused-ring (bicyclic) bond motifs is 1. The van der Waals surface area contributed by atoms with Crippen LogP contribution in [-0.4, -0.2) is 17.6 Å². The third kappa shape index (κ3) is 3.26. The first-order valence-corrected chi connectivity index (χ1v) is 10.5. The maximum Gasteiger partial charge on any atom is 0.338 e. The highest BCUT2D eigenvalue weighted by atomic mass is 35.5. The van der Waals surface area contributed by atoms with E-state index in [1.807, 2.05) is 35.7 Å². The van der Waals surface area contributed by atoms with Crippen LogP contribution in [0.25, 0.3) is 6.08 Å². The first kappa shape index (κ1) is 18.9. The van der Waals surface area contributed by atoms with E-state index in [-0.39, 0.29) is 5.56 Å². The number of rotatable bonds is 3. The molecule has 0 bridgehead atoms. The molecule has 0 radical (unpaired) electrons. The highest BCUT2D eigenvalue weighted by Gasteiger charge is 2.32. The second-order valence-corrected chi connectivity index (χ2v) is 8.57. The van der Waals surface area contributed by atoms with Crippen LogP contribution in [0, 0.1) is 0 Å². The molecule has 8 heteroatoms. The van der Waals surface area contributed by atoms with E-state index in [4.69, 9.17) is 16.3 Å². The van der Waals surface area contributed by atoms with Gasteiger partial charge < -0.3 is 4.74 Å². The van der Waals surface area contributed by atoms with E-state index in [2.05, 4.69) is 4.99 Å². The minimum absolute atomic E-state index is 0.189. The number of carbonyl (C=O) groups is 1. The number of methoxy groups -OCH3 is 1. The Balaban J connectivity index is 2.00. The average molecular weight is 431 g/mol. The number of hydrogen-bond acceptors (Lipinski definition) is 6. The molecule has 142 valence electrons. The first-order valence-electron chi connectivity index (χ1n) is 8.39. The third-order valence-electron chi connectivity index (χ3n) is 4.43. The van der Waals surface area contributed by atoms with E-state index in [1.165, 1.54) is 18.4 Å². The van der Waals surface area contributed by atoms with E-state index in [0.29, 0.717) is 25.6 Å². The monoisotopic (exact) mass is 430 g/mol. The molecule has 28 heavy (non-hydrogen) atoms. The van der Waals surface area contributed by atoms with Crippen molar-refractivity contribution in [2.45, 2.75) is 13.0 Å². The summed E-state index contributed by atoms with van der Waals surface area (Å²) < 4.78 is 7.11. The second-order valence-electron chi connectivity index (χ2n) is 6.14. The predicted octanol–water partition coefficient (Wildman–Crippen LogP) is 3.12. The lowest BCUT2D eigenvalue weighted by Crippen LogP contribution is -2.39. The number of carbonyl (C=O) groups excluding carboxylic acids is 1. The summed E-state index contributed by atoms with van der Waals surface area (Å²) in [6.07, 6.45) is 1.85. The maximum absolute atomic E-state index is 13.2. The smallest absolute Gasteiger partial charge is 0.338 e. The summed E-state index contributed by atoms with van der Waals surface area (Å²) in [4.78, 5) is 31.8. The summed E-state index contributed by atoms with van der Waals surface area (Å²) >= 11 is 8.89. The first-order chi connectivity index (χ1) is 13.5. The second kappa shape index (κ2) is 7.50. The van der Waals surface area contributed by atoms with Crippen molar-refractivity contribution < 1.29 is 9.53 Å². The lowest BCUT2D eigenvalue weighted by Gasteiger charge is -2.24. The zero-order valence-corrected chi connectivity index (χ0v) is 17.4. The molecule has 3 heterocycles. The summed E-state index contributed by atoms with van der Waals surface area (Å²) in [5.41, 5.74) is 1.46. The quantitative estimate of drug-likeness (QED) is 0.600. The maximum atomic E-state index is 13.2. The van der Waals surface area contributed by atoms with Crippen LogP contribution in [-0.2, 0) is 9.53 Å². The highest BCUT2D eigenvalue weighted by Crippen LogP contribution is 2.31. The highest BCUT2D eigenvalue weighted by molar-refractivity contribution is 7.11. The minimum atomic E-state index is -0.619. The van der Waals surface area contributed by atoms with E-state index < -0.39 is 12.0 Å². The summed E-state index contributed by atoms with van der Waals surface area (Å²) in [5, 5.41) is 2.54. The van der Waals surface area contributed by atoms with Gasteiger partial charge in [0.1, 0.15) is 0 Å². The molecule has 5 nitrogen and oxygen atoms in total. The number of ether oxygens (including phenoxy) is 1. The van der Waals surface area contributed by atoms with Gasteiger partial charge in [-0.1, -0.05) is 41.1 Å². The fourth-order valence-corrected chi connectivity index (χ4v) is 5.05. The molecule has 0 amide bonds. The Hall–Kier alpha value is -2.48. The van der Waals surface area contributed by atoms with Gasteiger partial charge in [0.25, 0.3) is 5.56 Å². The molecule has 0 saturated heterocycles. The molecule has 1 aliphatic heterocycles. The molecule has 0 aliphatic carbocycles. The van der Waals surface area contributed by atoms with Crippen molar-refractivity contribution in [3.05, 3.63) is 88.2 Å². The summed E-state index contributed by atoms with van der Waals surface area (Å²) in [5.74, 6) is -0.506. The van der Waals surface area contributed by atoms with Gasteiger partial charge in [0.05, 0.1) is 29.0 Å². The molecule has 0 fully saturated rings. The average Bonchev–Trinajstić information content (AvgIpc) is 3.29. The van der Waals surface area contributed by atoms with Crippen LogP contribution in [0.1, 0.15) is 23.4 Å². The summed E-state index contributed by atoms with van der Waals surface area (Å²) in [7, 11) is 1.32. The van der Waals surface area contributed by atoms with Gasteiger partial charge in [-0.15, -0.1) is 11.3 Å². The zero-order valence-electron chi connectivity index (χ0n) is 15.0. The number of esters is 1. The SMILES string of the molecule is COC(=O)C1=C(C)N=c2s/c(=C/c3cccs3)c(=O)n2[C@H]1c1ccc(Cl)cc1. The van der Waals surface area contributed by atoms with E-state index in [0.717, 1.165) is 10.4 Å². The normalized spacial score (nSPS) is 16.7. The van der Waals surface area contributed by atoms with Crippen molar-refractivity contribution in [3.63, 3.8) is 0 Å². The van der Waals surface area contributed by atoms with Gasteiger partial charge in [0.2, 0.25) is 0 Å². The molecule has 3 aromatic rings. The predicted molar refractivity (Wildman–Crippen MR) is 112 cm³/mol. The van der Waals surface area contributed by atoms with Gasteiger partial charge in [-0.25, -0.2) is 9.79 Å². The summed E-state index contributed by atoms with van der Waals surface area (Å²) in [6.45, 7) is 1.76. The largest absolute Gasteiger partial charge is 0.466 e. The van der Waals surface area contributed by atoms with E-state index >= 15 is 0 Å². The van der Waals surface area contributed by atoms with Crippen LogP contribution >= 0.6 is 34.3 Å². The Morgan fingerprint density at radius 1 is 1.29 bits per heavy atom. The number of benzene rings is 1. The number of thiophene rings is 1. The van der Waals surface area contributed by atoms with Gasteiger partial charge in [0, 0.05) is 9.90 Å². The summed E-state index contributed by atoms with van der Waals surface area (Å²) in [6, 6.07) is 10.4. The van der Waals surface area contributed by atoms with Gasteiger partial charge in [0.15, 0.2) is 4.80 Å². The van der Waals surface area contributed by atoms with Crippen molar-refractivity contribution in [2.24, 2.45) is 4.99 Å². The molecule has 2 aromatic heterocycles. The third-order valence-corrected chi connectivity index (χ3v) is 6.48. The van der Waals surface area contributed by atoms with Crippen LogP contribution in [0.2, 0.25) is 5.02 Å². The van der Waals surface area contributed by atoms with Gasteiger partial charge in [-0.3, -0.25) is 9.36 Å². The number of halogens is 1. The number of nitrogens with zero attached hydrogens (tertiary/aromatic N) is 2. The van der Waals surface area contributed by atoms with Gasteiger partial charge in [-0.05, 0) is 42.1 Å². The lowest BCUT2D eigenvalue weighted by molar-refractivity contribution is -0.136. The number of hydrogen-bond donors (Lipinski definition) is 0. The lowest BCUT2D eigenvalue weighted by atomic mass is 9.96. The zero-order chi connectivity index (χ0) is 19.8. The van der Waals surface area contributed by atoms with Crippen LogP contribution in [0.5, 0.6) is 0 Å². The fraction of sp³-hybridized carbons (Fsp3) is 0.150. The Bertz CT molecular complexity index is 1250. The minimum Gasteiger partial charge on any atom is -0.466 e. The molecule has 0 unspecified atom stereocenters. The van der Waals surface area contributed by atoms with E-state index in [1.54, 1.807) is 35.0 Å². The topological polar surface area (TPSA) is 60.7 Å². The van der Waals surface area contributed by atoms with Crippen molar-refractivity contribution in [1.82, 2.24) is 4.57 Å². The van der Waals surface area contributed by atoms with Crippen molar-refractivity contribution in [1.29, 1.82) is 0 Å². The Kier molecular flexibility index (Phi) is 5.05.